The maximum Gasteiger partial charge on any atom is 0.328 e. The Labute approximate surface area is 325 Å². The van der Waals surface area contributed by atoms with Crippen molar-refractivity contribution in [1.29, 1.82) is 0 Å². The topological polar surface area (TPSA) is 202 Å². The molecule has 2 fully saturated rings. The van der Waals surface area contributed by atoms with Crippen LogP contribution in [0.1, 0.15) is 69.7 Å². The summed E-state index contributed by atoms with van der Waals surface area (Å²) < 4.78 is 29.6. The van der Waals surface area contributed by atoms with E-state index < -0.39 is 52.0 Å². The molecule has 5 rings (SSSR count). The summed E-state index contributed by atoms with van der Waals surface area (Å²) in [5.74, 6) is -1.68. The van der Waals surface area contributed by atoms with Crippen LogP contribution in [0.2, 0.25) is 0 Å². The Morgan fingerprint density at radius 2 is 1.80 bits per heavy atom. The van der Waals surface area contributed by atoms with Gasteiger partial charge in [0.1, 0.15) is 12.6 Å². The number of thiazole rings is 1. The number of anilines is 1. The molecule has 15 nitrogen and oxygen atoms in total. The standard InChI is InChI=1S/C38H49N7O8S2/c1-4-25(2)35(45-23-34(48)44(38(45)50)21-30-24-54-37(41-30)40-26(3)46)36(49)42-32(18-27-10-6-5-7-11-27)33(47)22-43(20-29-12-8-9-13-29)55(52,53)31-16-14-28(15-17-31)19-39-51/h5-7,10-11,14-17,19,24-25,29,32-33,35,47,51H,4,8-9,12-13,18,20-23H2,1-3H3,(H,42,49)(H,40,41,46)/t25-,32?,33-,35-/m0/s1. The number of aliphatic hydroxyl groups excluding tert-OH is 1. The molecule has 0 bridgehead atoms. The highest BCUT2D eigenvalue weighted by atomic mass is 32.2. The molecule has 1 aliphatic heterocycles. The van der Waals surface area contributed by atoms with Crippen LogP contribution in [-0.4, -0.2) is 106 Å². The van der Waals surface area contributed by atoms with Gasteiger partial charge in [-0.15, -0.1) is 11.3 Å². The van der Waals surface area contributed by atoms with Crippen molar-refractivity contribution in [3.8, 4) is 0 Å². The minimum atomic E-state index is -4.11. The monoisotopic (exact) mass is 795 g/mol. The van der Waals surface area contributed by atoms with E-state index in [9.17, 15) is 32.7 Å². The number of aromatic nitrogens is 1. The fourth-order valence-corrected chi connectivity index (χ4v) is 9.34. The molecular weight excluding hydrogens is 747 g/mol. The molecule has 4 N–H and O–H groups in total. The fourth-order valence-electron chi connectivity index (χ4n) is 7.06. The van der Waals surface area contributed by atoms with Crippen molar-refractivity contribution >= 4 is 56.5 Å². The molecule has 2 aromatic carbocycles. The third kappa shape index (κ3) is 10.5. The normalized spacial score (nSPS) is 17.5. The molecule has 0 radical (unpaired) electrons. The average molecular weight is 796 g/mol. The molecule has 0 spiro atoms. The highest BCUT2D eigenvalue weighted by molar-refractivity contribution is 7.89. The summed E-state index contributed by atoms with van der Waals surface area (Å²) in [6, 6.07) is 12.4. The van der Waals surface area contributed by atoms with Gasteiger partial charge in [-0.05, 0) is 54.4 Å². The molecule has 4 atom stereocenters. The summed E-state index contributed by atoms with van der Waals surface area (Å²) >= 11 is 1.16. The van der Waals surface area contributed by atoms with E-state index in [-0.39, 0.29) is 49.3 Å². The van der Waals surface area contributed by atoms with Crippen LogP contribution in [-0.2, 0) is 37.4 Å². The van der Waals surface area contributed by atoms with Gasteiger partial charge in [0, 0.05) is 25.4 Å². The molecule has 296 valence electrons. The lowest BCUT2D eigenvalue weighted by atomic mass is 9.95. The minimum absolute atomic E-state index is 0.0130. The zero-order valence-electron chi connectivity index (χ0n) is 31.2. The zero-order chi connectivity index (χ0) is 39.7. The Bertz CT molecular complexity index is 1930. The molecule has 17 heteroatoms. The predicted molar refractivity (Wildman–Crippen MR) is 207 cm³/mol. The Hall–Kier alpha value is -4.71. The molecule has 1 unspecified atom stereocenters. The largest absolute Gasteiger partial charge is 0.411 e. The van der Waals surface area contributed by atoms with E-state index in [1.54, 1.807) is 12.3 Å². The van der Waals surface area contributed by atoms with Crippen LogP contribution in [0.25, 0.3) is 0 Å². The first kappa shape index (κ1) is 41.5. The summed E-state index contributed by atoms with van der Waals surface area (Å²) in [5, 5.41) is 31.4. The van der Waals surface area contributed by atoms with Crippen molar-refractivity contribution < 1.29 is 37.9 Å². The third-order valence-corrected chi connectivity index (χ3v) is 12.8. The quantitative estimate of drug-likeness (QED) is 0.0634. The van der Waals surface area contributed by atoms with Crippen molar-refractivity contribution in [3.05, 3.63) is 76.8 Å². The summed E-state index contributed by atoms with van der Waals surface area (Å²) in [5.41, 5.74) is 1.70. The first-order valence-corrected chi connectivity index (χ1v) is 20.8. The number of amides is 5. The molecular formula is C38H49N7O8S2. The number of rotatable bonds is 18. The number of nitrogens with zero attached hydrogens (tertiary/aromatic N) is 5. The summed E-state index contributed by atoms with van der Waals surface area (Å²) in [4.78, 5) is 59.4. The molecule has 2 heterocycles. The van der Waals surface area contributed by atoms with Crippen LogP contribution < -0.4 is 10.6 Å². The number of nitrogens with one attached hydrogen (secondary N) is 2. The number of hydrogen-bond acceptors (Lipinski definition) is 11. The number of urea groups is 1. The van der Waals surface area contributed by atoms with Crippen LogP contribution in [0.15, 0.2) is 70.0 Å². The Morgan fingerprint density at radius 3 is 2.44 bits per heavy atom. The van der Waals surface area contributed by atoms with Crippen molar-refractivity contribution in [2.45, 2.75) is 88.9 Å². The first-order valence-electron chi connectivity index (χ1n) is 18.4. The van der Waals surface area contributed by atoms with Crippen LogP contribution in [0.5, 0.6) is 0 Å². The Balaban J connectivity index is 1.40. The van der Waals surface area contributed by atoms with Gasteiger partial charge in [-0.25, -0.2) is 18.2 Å². The minimum Gasteiger partial charge on any atom is -0.411 e. The van der Waals surface area contributed by atoms with E-state index in [0.29, 0.717) is 22.8 Å². The molecule has 1 aliphatic carbocycles. The lowest BCUT2D eigenvalue weighted by Gasteiger charge is -2.34. The second kappa shape index (κ2) is 18.8. The number of imide groups is 1. The molecule has 1 saturated carbocycles. The van der Waals surface area contributed by atoms with Gasteiger partial charge in [0.25, 0.3) is 5.91 Å². The van der Waals surface area contributed by atoms with Gasteiger partial charge in [0.15, 0.2) is 5.13 Å². The van der Waals surface area contributed by atoms with Crippen molar-refractivity contribution in [1.82, 2.24) is 24.4 Å². The van der Waals surface area contributed by atoms with E-state index in [2.05, 4.69) is 20.8 Å². The number of oxime groups is 1. The van der Waals surface area contributed by atoms with Gasteiger partial charge in [-0.3, -0.25) is 19.3 Å². The smallest absolute Gasteiger partial charge is 0.328 e. The van der Waals surface area contributed by atoms with E-state index in [1.165, 1.54) is 46.6 Å². The maximum atomic E-state index is 14.4. The molecule has 1 saturated heterocycles. The summed E-state index contributed by atoms with van der Waals surface area (Å²) in [6.07, 6.45) is 4.15. The van der Waals surface area contributed by atoms with E-state index in [4.69, 9.17) is 5.21 Å². The Kier molecular flexibility index (Phi) is 14.1. The van der Waals surface area contributed by atoms with Gasteiger partial charge in [-0.2, -0.15) is 4.31 Å². The van der Waals surface area contributed by atoms with Crippen LogP contribution >= 0.6 is 11.3 Å². The van der Waals surface area contributed by atoms with Crippen molar-refractivity contribution in [2.75, 3.05) is 25.0 Å². The fraction of sp³-hybridized carbons (Fsp3) is 0.474. The number of sulfonamides is 1. The highest BCUT2D eigenvalue weighted by Gasteiger charge is 2.45. The lowest BCUT2D eigenvalue weighted by Crippen LogP contribution is -2.57. The van der Waals surface area contributed by atoms with Crippen molar-refractivity contribution in [3.63, 3.8) is 0 Å². The highest BCUT2D eigenvalue weighted by Crippen LogP contribution is 2.29. The average Bonchev–Trinajstić information content (AvgIpc) is 3.90. The molecule has 2 aliphatic rings. The van der Waals surface area contributed by atoms with Gasteiger partial charge < -0.3 is 25.8 Å². The summed E-state index contributed by atoms with van der Waals surface area (Å²) in [7, 11) is -4.11. The van der Waals surface area contributed by atoms with Crippen molar-refractivity contribution in [2.24, 2.45) is 17.0 Å². The van der Waals surface area contributed by atoms with E-state index >= 15 is 0 Å². The first-order chi connectivity index (χ1) is 26.3. The number of hydrogen-bond donors (Lipinski definition) is 4. The maximum absolute atomic E-state index is 14.4. The summed E-state index contributed by atoms with van der Waals surface area (Å²) in [6.45, 7) is 4.42. The number of benzene rings is 2. The SMILES string of the molecule is CC[C@H](C)[C@@H](C(=O)NC(Cc1ccccc1)[C@@H](O)CN(CC1CCCC1)S(=O)(=O)c1ccc(C=NO)cc1)N1CC(=O)N(Cc2csc(NC(C)=O)n2)C1=O. The van der Waals surface area contributed by atoms with Gasteiger partial charge >= 0.3 is 6.03 Å². The van der Waals surface area contributed by atoms with Crippen LogP contribution in [0.3, 0.4) is 0 Å². The lowest BCUT2D eigenvalue weighted by molar-refractivity contribution is -0.129. The molecule has 3 aromatic rings. The predicted octanol–water partition coefficient (Wildman–Crippen LogP) is 4.06. The third-order valence-electron chi connectivity index (χ3n) is 10.2. The van der Waals surface area contributed by atoms with Crippen LogP contribution in [0.4, 0.5) is 9.93 Å². The molecule has 1 aromatic heterocycles. The molecule has 55 heavy (non-hydrogen) atoms. The van der Waals surface area contributed by atoms with Gasteiger partial charge in [0.05, 0.1) is 35.5 Å². The Morgan fingerprint density at radius 1 is 1.11 bits per heavy atom. The number of carbonyl (C=O) groups excluding carboxylic acids is 4. The van der Waals surface area contributed by atoms with Gasteiger partial charge in [-0.1, -0.05) is 80.7 Å². The second-order valence-corrected chi connectivity index (χ2v) is 17.0. The van der Waals surface area contributed by atoms with E-state index in [0.717, 1.165) is 47.5 Å². The van der Waals surface area contributed by atoms with Gasteiger partial charge in [0.2, 0.25) is 21.8 Å². The van der Waals surface area contributed by atoms with E-state index in [1.807, 2.05) is 37.3 Å². The van der Waals surface area contributed by atoms with Crippen LogP contribution in [0, 0.1) is 11.8 Å². The molecule has 5 amide bonds. The second-order valence-electron chi connectivity index (χ2n) is 14.2. The number of carbonyl (C=O) groups is 4. The number of aliphatic hydroxyl groups is 1. The zero-order valence-corrected chi connectivity index (χ0v) is 32.8.